The van der Waals surface area contributed by atoms with Crippen LogP contribution >= 0.6 is 0 Å². The lowest BCUT2D eigenvalue weighted by Gasteiger charge is -2.24. The number of nitrogens with one attached hydrogen (secondary N) is 2. The van der Waals surface area contributed by atoms with Crippen molar-refractivity contribution in [3.05, 3.63) is 133 Å². The van der Waals surface area contributed by atoms with Crippen LogP contribution in [0, 0.1) is 11.8 Å². The van der Waals surface area contributed by atoms with Crippen LogP contribution in [-0.4, -0.2) is 54.8 Å². The molecular formula is C40H50N2O6. The fourth-order valence-corrected chi connectivity index (χ4v) is 5.41. The van der Waals surface area contributed by atoms with Crippen molar-refractivity contribution < 1.29 is 29.0 Å². The molecule has 0 aromatic heterocycles. The van der Waals surface area contributed by atoms with Crippen LogP contribution in [0.25, 0.3) is 0 Å². The van der Waals surface area contributed by atoms with Crippen molar-refractivity contribution in [2.45, 2.75) is 63.6 Å². The minimum atomic E-state index is -0.712. The highest BCUT2D eigenvalue weighted by Crippen LogP contribution is 2.18. The summed E-state index contributed by atoms with van der Waals surface area (Å²) in [5, 5.41) is 15.7. The summed E-state index contributed by atoms with van der Waals surface area (Å²) >= 11 is 0. The number of aliphatic hydroxyl groups excluding tert-OH is 1. The van der Waals surface area contributed by atoms with E-state index >= 15 is 0 Å². The molecule has 0 saturated carbocycles. The van der Waals surface area contributed by atoms with Crippen molar-refractivity contribution in [3.8, 4) is 0 Å². The molecule has 3 aromatic carbocycles. The molecule has 0 fully saturated rings. The average Bonchev–Trinajstić information content (AvgIpc) is 3.10. The largest absolute Gasteiger partial charge is 0.463 e. The van der Waals surface area contributed by atoms with Gasteiger partial charge in [0.2, 0.25) is 11.8 Å². The molecule has 0 spiro atoms. The van der Waals surface area contributed by atoms with Gasteiger partial charge in [0.15, 0.2) is 0 Å². The van der Waals surface area contributed by atoms with Crippen LogP contribution in [0.4, 0.5) is 0 Å². The van der Waals surface area contributed by atoms with E-state index in [9.17, 15) is 19.5 Å². The summed E-state index contributed by atoms with van der Waals surface area (Å²) in [4.78, 5) is 40.0. The molecule has 0 heterocycles. The highest BCUT2D eigenvalue weighted by atomic mass is 16.5. The molecule has 0 aliphatic carbocycles. The van der Waals surface area contributed by atoms with Crippen molar-refractivity contribution in [2.24, 2.45) is 11.8 Å². The standard InChI is InChI=1S/C40H50N2O6/c1-3-5-9-23-35(24-31-17-10-6-11-18-31)40(46)48-30-37(29-47-28-33-21-14-8-15-22-33)42-39(45)34(16-4-2)26-38(44)41-36(27-43)25-32-19-12-7-13-20-32/h3-4,6-8,10-15,17-22,34-37,43H,1-2,5,9,16,23-30H2,(H,41,44)(H,42,45)/t34-,35-,36+,37+/m1/s1. The summed E-state index contributed by atoms with van der Waals surface area (Å²) in [6.07, 6.45) is 6.89. The first kappa shape index (κ1) is 37.9. The molecule has 4 atom stereocenters. The second-order valence-electron chi connectivity index (χ2n) is 12.0. The van der Waals surface area contributed by atoms with Crippen LogP contribution in [0.15, 0.2) is 116 Å². The number of hydrogen-bond donors (Lipinski definition) is 3. The first-order valence-corrected chi connectivity index (χ1v) is 16.7. The molecule has 0 aliphatic heterocycles. The summed E-state index contributed by atoms with van der Waals surface area (Å²) in [7, 11) is 0. The van der Waals surface area contributed by atoms with E-state index in [1.165, 1.54) is 0 Å². The number of hydrogen-bond acceptors (Lipinski definition) is 6. The second-order valence-corrected chi connectivity index (χ2v) is 12.0. The number of amides is 2. The van der Waals surface area contributed by atoms with Gasteiger partial charge >= 0.3 is 5.97 Å². The Morgan fingerprint density at radius 3 is 1.92 bits per heavy atom. The number of allylic oxidation sites excluding steroid dienone is 2. The molecule has 256 valence electrons. The third-order valence-corrected chi connectivity index (χ3v) is 7.99. The minimum Gasteiger partial charge on any atom is -0.463 e. The summed E-state index contributed by atoms with van der Waals surface area (Å²) in [6, 6.07) is 27.9. The lowest BCUT2D eigenvalue weighted by Crippen LogP contribution is -2.46. The van der Waals surface area contributed by atoms with Crippen LogP contribution in [-0.2, 0) is 43.3 Å². The Hall–Kier alpha value is -4.53. The maximum absolute atomic E-state index is 13.6. The van der Waals surface area contributed by atoms with Crippen molar-refractivity contribution >= 4 is 17.8 Å². The third-order valence-electron chi connectivity index (χ3n) is 7.99. The highest BCUT2D eigenvalue weighted by molar-refractivity contribution is 5.86. The van der Waals surface area contributed by atoms with Crippen LogP contribution in [0.2, 0.25) is 0 Å². The molecule has 0 bridgehead atoms. The van der Waals surface area contributed by atoms with E-state index in [4.69, 9.17) is 9.47 Å². The van der Waals surface area contributed by atoms with Gasteiger partial charge in [0.25, 0.3) is 0 Å². The Balaban J connectivity index is 1.65. The fourth-order valence-electron chi connectivity index (χ4n) is 5.41. The van der Waals surface area contributed by atoms with Crippen molar-refractivity contribution in [1.29, 1.82) is 0 Å². The average molecular weight is 655 g/mol. The fraction of sp³-hybridized carbons (Fsp3) is 0.375. The first-order valence-electron chi connectivity index (χ1n) is 16.7. The maximum Gasteiger partial charge on any atom is 0.309 e. The van der Waals surface area contributed by atoms with Crippen LogP contribution in [0.3, 0.4) is 0 Å². The minimum absolute atomic E-state index is 0.0806. The summed E-state index contributed by atoms with van der Waals surface area (Å²) in [6.45, 7) is 7.68. The summed E-state index contributed by atoms with van der Waals surface area (Å²) in [5.41, 5.74) is 3.00. The van der Waals surface area contributed by atoms with E-state index in [1.54, 1.807) is 6.08 Å². The van der Waals surface area contributed by atoms with Gasteiger partial charge in [0.05, 0.1) is 43.7 Å². The zero-order valence-electron chi connectivity index (χ0n) is 27.8. The molecule has 3 rings (SSSR count). The summed E-state index contributed by atoms with van der Waals surface area (Å²) < 4.78 is 11.8. The van der Waals surface area contributed by atoms with Gasteiger partial charge in [-0.1, -0.05) is 103 Å². The number of unbranched alkanes of at least 4 members (excludes halogenated alkanes) is 1. The molecule has 2 amide bonds. The zero-order chi connectivity index (χ0) is 34.4. The van der Waals surface area contributed by atoms with Crippen molar-refractivity contribution in [3.63, 3.8) is 0 Å². The number of benzene rings is 3. The number of esters is 1. The van der Waals surface area contributed by atoms with Gasteiger partial charge in [-0.15, -0.1) is 13.2 Å². The van der Waals surface area contributed by atoms with Gasteiger partial charge < -0.3 is 25.2 Å². The SMILES string of the molecule is C=CCCC[C@H](Cc1ccccc1)C(=O)OC[C@H](COCc1ccccc1)NC(=O)[C@H](CC=C)CC(=O)N[C@H](CO)Cc1ccccc1. The first-order chi connectivity index (χ1) is 23.4. The number of aliphatic hydroxyl groups is 1. The van der Waals surface area contributed by atoms with Gasteiger partial charge in [-0.05, 0) is 55.2 Å². The Labute approximate surface area is 285 Å². The van der Waals surface area contributed by atoms with Gasteiger partial charge in [-0.2, -0.15) is 0 Å². The molecule has 0 aliphatic rings. The molecule has 8 heteroatoms. The van der Waals surface area contributed by atoms with E-state index < -0.39 is 18.0 Å². The van der Waals surface area contributed by atoms with Gasteiger partial charge in [-0.25, -0.2) is 0 Å². The van der Waals surface area contributed by atoms with E-state index in [-0.39, 0.29) is 56.4 Å². The Kier molecular flexibility index (Phi) is 17.5. The van der Waals surface area contributed by atoms with E-state index in [0.29, 0.717) is 25.9 Å². The molecule has 0 saturated heterocycles. The van der Waals surface area contributed by atoms with Gasteiger partial charge in [-0.3, -0.25) is 14.4 Å². The quantitative estimate of drug-likeness (QED) is 0.0682. The number of carbonyl (C=O) groups excluding carboxylic acids is 3. The van der Waals surface area contributed by atoms with E-state index in [1.807, 2.05) is 97.1 Å². The Morgan fingerprint density at radius 2 is 1.33 bits per heavy atom. The molecule has 8 nitrogen and oxygen atoms in total. The van der Waals surface area contributed by atoms with Gasteiger partial charge in [0.1, 0.15) is 6.61 Å². The predicted octanol–water partition coefficient (Wildman–Crippen LogP) is 5.75. The molecular weight excluding hydrogens is 604 g/mol. The summed E-state index contributed by atoms with van der Waals surface area (Å²) in [5.74, 6) is -2.11. The predicted molar refractivity (Wildman–Crippen MR) is 189 cm³/mol. The van der Waals surface area contributed by atoms with Crippen molar-refractivity contribution in [1.82, 2.24) is 10.6 Å². The van der Waals surface area contributed by atoms with Crippen LogP contribution < -0.4 is 10.6 Å². The second kappa shape index (κ2) is 22.1. The zero-order valence-corrected chi connectivity index (χ0v) is 27.8. The maximum atomic E-state index is 13.6. The lowest BCUT2D eigenvalue weighted by molar-refractivity contribution is -0.150. The van der Waals surface area contributed by atoms with E-state index in [0.717, 1.165) is 29.5 Å². The third kappa shape index (κ3) is 14.5. The van der Waals surface area contributed by atoms with E-state index in [2.05, 4.69) is 23.8 Å². The number of carbonyl (C=O) groups is 3. The molecule has 0 radical (unpaired) electrons. The normalized spacial score (nSPS) is 13.4. The highest BCUT2D eigenvalue weighted by Gasteiger charge is 2.27. The monoisotopic (exact) mass is 654 g/mol. The lowest BCUT2D eigenvalue weighted by atomic mass is 9.94. The van der Waals surface area contributed by atoms with Crippen LogP contribution in [0.5, 0.6) is 0 Å². The van der Waals surface area contributed by atoms with Gasteiger partial charge in [0, 0.05) is 6.42 Å². The smallest absolute Gasteiger partial charge is 0.309 e. The Morgan fingerprint density at radius 1 is 0.729 bits per heavy atom. The molecule has 48 heavy (non-hydrogen) atoms. The topological polar surface area (TPSA) is 114 Å². The number of ether oxygens (including phenoxy) is 2. The Bertz CT molecular complexity index is 1380. The van der Waals surface area contributed by atoms with Crippen molar-refractivity contribution in [2.75, 3.05) is 19.8 Å². The number of rotatable bonds is 23. The van der Waals surface area contributed by atoms with Crippen LogP contribution in [0.1, 0.15) is 48.8 Å². The molecule has 3 N–H and O–H groups in total. The molecule has 0 unspecified atom stereocenters. The molecule has 3 aromatic rings.